The molecule has 0 fully saturated rings. The topological polar surface area (TPSA) is 61.3 Å². The minimum absolute atomic E-state index is 0.354. The van der Waals surface area contributed by atoms with Gasteiger partial charge in [0.15, 0.2) is 0 Å². The van der Waals surface area contributed by atoms with Crippen LogP contribution in [0.15, 0.2) is 18.3 Å². The maximum Gasteiger partial charge on any atom is 0.139 e. The van der Waals surface area contributed by atoms with Gasteiger partial charge in [0.2, 0.25) is 0 Å². The highest BCUT2D eigenvalue weighted by molar-refractivity contribution is 6.49. The third-order valence-corrected chi connectivity index (χ3v) is 2.35. The fraction of sp³-hybridized carbons (Fsp3) is 0.111. The third-order valence-electron chi connectivity index (χ3n) is 1.73. The standard InChI is InChI=1S/C9H10Cl2N2O/c1-14-9-3-8(13)5(2-6(9)10)7(11)4-12/h2-4H,12-13H2,1H3/b7-4+. The average molecular weight is 233 g/mol. The van der Waals surface area contributed by atoms with E-state index in [9.17, 15) is 0 Å². The normalized spacial score (nSPS) is 11.5. The second-order valence-corrected chi connectivity index (χ2v) is 3.40. The zero-order valence-corrected chi connectivity index (χ0v) is 9.06. The molecule has 0 aliphatic carbocycles. The van der Waals surface area contributed by atoms with Crippen molar-refractivity contribution in [1.82, 2.24) is 0 Å². The SMILES string of the molecule is COc1cc(N)c(/C(Cl)=C\N)cc1Cl. The predicted octanol–water partition coefficient (Wildman–Crippen LogP) is 2.43. The van der Waals surface area contributed by atoms with Crippen LogP contribution in [0.25, 0.3) is 5.03 Å². The molecule has 0 saturated carbocycles. The van der Waals surface area contributed by atoms with Crippen LogP contribution in [0.3, 0.4) is 0 Å². The lowest BCUT2D eigenvalue weighted by Crippen LogP contribution is -1.95. The molecule has 1 rings (SSSR count). The molecule has 0 unspecified atom stereocenters. The van der Waals surface area contributed by atoms with Crippen molar-refractivity contribution in [3.8, 4) is 5.75 Å². The zero-order chi connectivity index (χ0) is 10.7. The van der Waals surface area contributed by atoms with Crippen molar-refractivity contribution < 1.29 is 4.74 Å². The van der Waals surface area contributed by atoms with Gasteiger partial charge in [0.1, 0.15) is 5.75 Å². The van der Waals surface area contributed by atoms with E-state index in [1.54, 1.807) is 12.1 Å². The second-order valence-electron chi connectivity index (χ2n) is 2.59. The third kappa shape index (κ3) is 2.05. The van der Waals surface area contributed by atoms with Gasteiger partial charge >= 0.3 is 0 Å². The van der Waals surface area contributed by atoms with Crippen LogP contribution in [-0.2, 0) is 0 Å². The summed E-state index contributed by atoms with van der Waals surface area (Å²) < 4.78 is 4.99. The highest BCUT2D eigenvalue weighted by Crippen LogP contribution is 2.33. The van der Waals surface area contributed by atoms with Gasteiger partial charge in [-0.25, -0.2) is 0 Å². The fourth-order valence-electron chi connectivity index (χ4n) is 1.02. The summed E-state index contributed by atoms with van der Waals surface area (Å²) in [5.41, 5.74) is 12.1. The molecule has 76 valence electrons. The number of benzene rings is 1. The summed E-state index contributed by atoms with van der Waals surface area (Å²) in [6.07, 6.45) is 1.26. The molecular weight excluding hydrogens is 223 g/mol. The number of nitrogen functional groups attached to an aromatic ring is 1. The van der Waals surface area contributed by atoms with Crippen molar-refractivity contribution in [2.24, 2.45) is 5.73 Å². The Balaban J connectivity index is 3.29. The van der Waals surface area contributed by atoms with Crippen LogP contribution in [0.1, 0.15) is 5.56 Å². The molecule has 0 saturated heterocycles. The Kier molecular flexibility index (Phi) is 3.49. The Labute approximate surface area is 92.2 Å². The molecular formula is C9H10Cl2N2O. The van der Waals surface area contributed by atoms with E-state index < -0.39 is 0 Å². The van der Waals surface area contributed by atoms with Gasteiger partial charge < -0.3 is 16.2 Å². The van der Waals surface area contributed by atoms with E-state index in [2.05, 4.69) is 0 Å². The summed E-state index contributed by atoms with van der Waals surface area (Å²) in [5.74, 6) is 0.509. The zero-order valence-electron chi connectivity index (χ0n) is 7.55. The molecule has 1 aromatic rings. The smallest absolute Gasteiger partial charge is 0.139 e. The second kappa shape index (κ2) is 4.44. The van der Waals surface area contributed by atoms with E-state index in [-0.39, 0.29) is 0 Å². The Hall–Kier alpha value is -1.06. The molecule has 4 N–H and O–H groups in total. The van der Waals surface area contributed by atoms with Gasteiger partial charge in [-0.15, -0.1) is 0 Å². The molecule has 0 aromatic heterocycles. The van der Waals surface area contributed by atoms with Crippen LogP contribution in [0.5, 0.6) is 5.75 Å². The molecule has 14 heavy (non-hydrogen) atoms. The van der Waals surface area contributed by atoms with Crippen LogP contribution >= 0.6 is 23.2 Å². The number of hydrogen-bond donors (Lipinski definition) is 2. The molecule has 0 aliphatic heterocycles. The lowest BCUT2D eigenvalue weighted by Gasteiger charge is -2.08. The summed E-state index contributed by atoms with van der Waals surface area (Å²) in [6.45, 7) is 0. The first-order chi connectivity index (χ1) is 6.60. The largest absolute Gasteiger partial charge is 0.495 e. The maximum atomic E-state index is 5.90. The van der Waals surface area contributed by atoms with Gasteiger partial charge in [-0.3, -0.25) is 0 Å². The number of methoxy groups -OCH3 is 1. The van der Waals surface area contributed by atoms with E-state index in [1.165, 1.54) is 13.3 Å². The monoisotopic (exact) mass is 232 g/mol. The van der Waals surface area contributed by atoms with Crippen molar-refractivity contribution >= 4 is 33.9 Å². The Morgan fingerprint density at radius 3 is 2.64 bits per heavy atom. The first kappa shape index (κ1) is 11.0. The number of halogens is 2. The highest BCUT2D eigenvalue weighted by Gasteiger charge is 2.08. The van der Waals surface area contributed by atoms with Crippen LogP contribution in [0.2, 0.25) is 5.02 Å². The molecule has 3 nitrogen and oxygen atoms in total. The van der Waals surface area contributed by atoms with Crippen molar-refractivity contribution in [3.05, 3.63) is 28.9 Å². The quantitative estimate of drug-likeness (QED) is 0.771. The van der Waals surface area contributed by atoms with Gasteiger partial charge in [-0.1, -0.05) is 23.2 Å². The summed E-state index contributed by atoms with van der Waals surface area (Å²) in [6, 6.07) is 3.21. The Bertz CT molecular complexity index is 377. The van der Waals surface area contributed by atoms with Crippen molar-refractivity contribution in [1.29, 1.82) is 0 Å². The van der Waals surface area contributed by atoms with Gasteiger partial charge in [0.25, 0.3) is 0 Å². The van der Waals surface area contributed by atoms with Crippen LogP contribution in [0, 0.1) is 0 Å². The number of hydrogen-bond acceptors (Lipinski definition) is 3. The first-order valence-corrected chi connectivity index (χ1v) is 4.56. The lowest BCUT2D eigenvalue weighted by molar-refractivity contribution is 0.415. The van der Waals surface area contributed by atoms with Crippen LogP contribution in [0.4, 0.5) is 5.69 Å². The summed E-state index contributed by atoms with van der Waals surface area (Å²) in [4.78, 5) is 0. The number of anilines is 1. The highest BCUT2D eigenvalue weighted by atomic mass is 35.5. The number of rotatable bonds is 2. The van der Waals surface area contributed by atoms with E-state index in [0.717, 1.165) is 0 Å². The summed E-state index contributed by atoms with van der Waals surface area (Å²) >= 11 is 11.7. The van der Waals surface area contributed by atoms with Crippen molar-refractivity contribution in [2.45, 2.75) is 0 Å². The molecule has 0 atom stereocenters. The van der Waals surface area contributed by atoms with Crippen LogP contribution in [-0.4, -0.2) is 7.11 Å². The molecule has 0 bridgehead atoms. The van der Waals surface area contributed by atoms with Crippen molar-refractivity contribution in [2.75, 3.05) is 12.8 Å². The fourth-order valence-corrected chi connectivity index (χ4v) is 1.43. The molecule has 1 aromatic carbocycles. The van der Waals surface area contributed by atoms with E-state index in [4.69, 9.17) is 39.4 Å². The minimum atomic E-state index is 0.354. The lowest BCUT2D eigenvalue weighted by atomic mass is 10.1. The van der Waals surface area contributed by atoms with Gasteiger partial charge in [0, 0.05) is 23.5 Å². The van der Waals surface area contributed by atoms with Gasteiger partial charge in [-0.05, 0) is 6.07 Å². The number of nitrogens with two attached hydrogens (primary N) is 2. The number of ether oxygens (including phenoxy) is 1. The van der Waals surface area contributed by atoms with Gasteiger partial charge in [-0.2, -0.15) is 0 Å². The molecule has 0 amide bonds. The van der Waals surface area contributed by atoms with E-state index >= 15 is 0 Å². The summed E-state index contributed by atoms with van der Waals surface area (Å²) in [7, 11) is 1.51. The molecule has 0 spiro atoms. The summed E-state index contributed by atoms with van der Waals surface area (Å²) in [5, 5.41) is 0.795. The predicted molar refractivity (Wildman–Crippen MR) is 60.4 cm³/mol. The maximum absolute atomic E-state index is 5.90. The Morgan fingerprint density at radius 1 is 1.50 bits per heavy atom. The molecule has 0 heterocycles. The van der Waals surface area contributed by atoms with E-state index in [0.29, 0.717) is 27.1 Å². The average Bonchev–Trinajstić information content (AvgIpc) is 2.19. The molecule has 0 radical (unpaired) electrons. The molecule has 5 heteroatoms. The van der Waals surface area contributed by atoms with Crippen LogP contribution < -0.4 is 16.2 Å². The van der Waals surface area contributed by atoms with Gasteiger partial charge in [0.05, 0.1) is 17.2 Å². The van der Waals surface area contributed by atoms with Crippen molar-refractivity contribution in [3.63, 3.8) is 0 Å². The first-order valence-electron chi connectivity index (χ1n) is 3.81. The minimum Gasteiger partial charge on any atom is -0.495 e. The molecule has 0 aliphatic rings. The Morgan fingerprint density at radius 2 is 2.14 bits per heavy atom. The van der Waals surface area contributed by atoms with E-state index in [1.807, 2.05) is 0 Å².